The van der Waals surface area contributed by atoms with Gasteiger partial charge in [-0.1, -0.05) is 37.4 Å². The van der Waals surface area contributed by atoms with Crippen LogP contribution in [0.3, 0.4) is 0 Å². The van der Waals surface area contributed by atoms with Gasteiger partial charge in [-0.25, -0.2) is 0 Å². The summed E-state index contributed by atoms with van der Waals surface area (Å²) >= 11 is 0. The zero-order chi connectivity index (χ0) is 11.8. The second kappa shape index (κ2) is 4.07. The molecule has 1 atom stereocenters. The van der Waals surface area contributed by atoms with E-state index in [4.69, 9.17) is 10.5 Å². The van der Waals surface area contributed by atoms with Crippen LogP contribution in [0, 0.1) is 0 Å². The first-order valence-corrected chi connectivity index (χ1v) is 8.94. The molecule has 16 heavy (non-hydrogen) atoms. The van der Waals surface area contributed by atoms with Crippen molar-refractivity contribution in [3.63, 3.8) is 0 Å². The van der Waals surface area contributed by atoms with Crippen molar-refractivity contribution in [1.82, 2.24) is 0 Å². The minimum Gasteiger partial charge on any atom is -0.496 e. The Morgan fingerprint density at radius 3 is 2.62 bits per heavy atom. The smallest absolute Gasteiger partial charge is 0.122 e. The molecule has 0 bridgehead atoms. The van der Waals surface area contributed by atoms with Crippen LogP contribution in [-0.2, 0) is 4.74 Å². The number of hydrogen-bond acceptors (Lipinski definition) is 2. The first-order valence-electron chi connectivity index (χ1n) is 5.65. The fourth-order valence-electron chi connectivity index (χ4n) is 2.28. The largest absolute Gasteiger partial charge is 0.496 e. The van der Waals surface area contributed by atoms with Gasteiger partial charge in [0.1, 0.15) is 5.76 Å². The van der Waals surface area contributed by atoms with Gasteiger partial charge in [0.05, 0.1) is 15.2 Å². The summed E-state index contributed by atoms with van der Waals surface area (Å²) in [6, 6.07) is 8.49. The van der Waals surface area contributed by atoms with E-state index in [-0.39, 0.29) is 0 Å². The van der Waals surface area contributed by atoms with Crippen molar-refractivity contribution in [2.24, 2.45) is 5.73 Å². The molecule has 0 fully saturated rings. The van der Waals surface area contributed by atoms with E-state index in [0.717, 1.165) is 11.9 Å². The van der Waals surface area contributed by atoms with Crippen molar-refractivity contribution in [3.8, 4) is 0 Å². The van der Waals surface area contributed by atoms with Crippen LogP contribution in [0.25, 0.3) is 5.76 Å². The molecule has 2 N–H and O–H groups in total. The van der Waals surface area contributed by atoms with Gasteiger partial charge in [-0.15, -0.1) is 0 Å². The van der Waals surface area contributed by atoms with Crippen molar-refractivity contribution < 1.29 is 4.74 Å². The number of allylic oxidation sites excluding steroid dienone is 1. The van der Waals surface area contributed by atoms with E-state index in [9.17, 15) is 0 Å². The molecule has 1 aromatic rings. The van der Waals surface area contributed by atoms with Gasteiger partial charge in [-0.3, -0.25) is 0 Å². The predicted molar refractivity (Wildman–Crippen MR) is 70.7 cm³/mol. The highest BCUT2D eigenvalue weighted by Crippen LogP contribution is 2.40. The molecule has 0 aliphatic heterocycles. The Balaban J connectivity index is 2.48. The minimum absolute atomic E-state index is 0.489. The van der Waals surface area contributed by atoms with E-state index in [1.54, 1.807) is 7.11 Å². The SMILES string of the molecule is COC1=CC([Si](C)(C)CN)c2ccccc21. The molecule has 0 saturated carbocycles. The van der Waals surface area contributed by atoms with Gasteiger partial charge in [-0.2, -0.15) is 0 Å². The van der Waals surface area contributed by atoms with E-state index in [2.05, 4.69) is 43.4 Å². The highest BCUT2D eigenvalue weighted by atomic mass is 28.3. The Hall–Kier alpha value is -1.06. The van der Waals surface area contributed by atoms with E-state index in [1.165, 1.54) is 11.1 Å². The van der Waals surface area contributed by atoms with E-state index < -0.39 is 8.07 Å². The Morgan fingerprint density at radius 2 is 2.00 bits per heavy atom. The standard InChI is InChI=1S/C13H19NOSi/c1-15-12-8-13(16(2,3)9-14)11-7-5-4-6-10(11)12/h4-8,13H,9,14H2,1-3H3. The lowest BCUT2D eigenvalue weighted by atomic mass is 10.1. The Morgan fingerprint density at radius 1 is 1.31 bits per heavy atom. The molecule has 0 radical (unpaired) electrons. The number of methoxy groups -OCH3 is 1. The number of fused-ring (bicyclic) bond motifs is 1. The van der Waals surface area contributed by atoms with Crippen molar-refractivity contribution in [2.45, 2.75) is 18.6 Å². The topological polar surface area (TPSA) is 35.2 Å². The number of hydrogen-bond donors (Lipinski definition) is 1. The molecular formula is C13H19NOSi. The zero-order valence-corrected chi connectivity index (χ0v) is 11.2. The fourth-order valence-corrected chi connectivity index (χ4v) is 4.23. The molecule has 2 rings (SSSR count). The molecule has 1 aliphatic rings. The molecule has 1 aliphatic carbocycles. The van der Waals surface area contributed by atoms with Crippen LogP contribution in [0.2, 0.25) is 13.1 Å². The lowest BCUT2D eigenvalue weighted by Gasteiger charge is -2.27. The number of nitrogens with two attached hydrogens (primary N) is 1. The third kappa shape index (κ3) is 1.70. The first kappa shape index (κ1) is 11.4. The molecule has 0 amide bonds. The van der Waals surface area contributed by atoms with E-state index in [1.807, 2.05) is 0 Å². The summed E-state index contributed by atoms with van der Waals surface area (Å²) in [7, 11) is 0.306. The summed E-state index contributed by atoms with van der Waals surface area (Å²) in [6.07, 6.45) is 3.06. The summed E-state index contributed by atoms with van der Waals surface area (Å²) in [5.74, 6) is 1.01. The fraction of sp³-hybridized carbons (Fsp3) is 0.385. The van der Waals surface area contributed by atoms with Gasteiger partial charge in [0.15, 0.2) is 0 Å². The Labute approximate surface area is 98.1 Å². The van der Waals surface area contributed by atoms with E-state index in [0.29, 0.717) is 5.54 Å². The Kier molecular flexibility index (Phi) is 2.91. The van der Waals surface area contributed by atoms with Crippen molar-refractivity contribution >= 4 is 13.8 Å². The van der Waals surface area contributed by atoms with Gasteiger partial charge in [0.25, 0.3) is 0 Å². The number of ether oxygens (including phenoxy) is 1. The quantitative estimate of drug-likeness (QED) is 0.814. The zero-order valence-electron chi connectivity index (χ0n) is 10.2. The lowest BCUT2D eigenvalue weighted by Crippen LogP contribution is -2.42. The molecule has 0 aromatic heterocycles. The summed E-state index contributed by atoms with van der Waals surface area (Å²) in [5, 5.41) is 0. The average Bonchev–Trinajstić information content (AvgIpc) is 2.68. The highest BCUT2D eigenvalue weighted by Gasteiger charge is 2.36. The van der Waals surface area contributed by atoms with Gasteiger partial charge < -0.3 is 10.5 Å². The van der Waals surface area contributed by atoms with Crippen LogP contribution < -0.4 is 5.73 Å². The molecule has 86 valence electrons. The van der Waals surface area contributed by atoms with Gasteiger partial charge in [0.2, 0.25) is 0 Å². The van der Waals surface area contributed by atoms with Gasteiger partial charge >= 0.3 is 0 Å². The number of rotatable bonds is 3. The van der Waals surface area contributed by atoms with Crippen molar-refractivity contribution in [2.75, 3.05) is 13.3 Å². The minimum atomic E-state index is -1.43. The maximum atomic E-state index is 5.92. The highest BCUT2D eigenvalue weighted by molar-refractivity contribution is 6.79. The predicted octanol–water partition coefficient (Wildman–Crippen LogP) is 2.52. The molecule has 0 saturated heterocycles. The summed E-state index contributed by atoms with van der Waals surface area (Å²) in [6.45, 7) is 4.67. The van der Waals surface area contributed by atoms with Crippen molar-refractivity contribution in [3.05, 3.63) is 41.5 Å². The average molecular weight is 233 g/mol. The van der Waals surface area contributed by atoms with Crippen LogP contribution in [0.4, 0.5) is 0 Å². The van der Waals surface area contributed by atoms with Crippen molar-refractivity contribution in [1.29, 1.82) is 0 Å². The van der Waals surface area contributed by atoms with Crippen LogP contribution >= 0.6 is 0 Å². The van der Waals surface area contributed by atoms with Crippen LogP contribution in [-0.4, -0.2) is 21.4 Å². The molecule has 0 spiro atoms. The summed E-state index contributed by atoms with van der Waals surface area (Å²) in [5.41, 5.74) is 9.04. The maximum Gasteiger partial charge on any atom is 0.122 e. The molecule has 1 unspecified atom stereocenters. The van der Waals surface area contributed by atoms with Crippen LogP contribution in [0.5, 0.6) is 0 Å². The molecular weight excluding hydrogens is 214 g/mol. The maximum absolute atomic E-state index is 5.92. The monoisotopic (exact) mass is 233 g/mol. The second-order valence-electron chi connectivity index (χ2n) is 4.99. The summed E-state index contributed by atoms with van der Waals surface area (Å²) < 4.78 is 5.45. The van der Waals surface area contributed by atoms with Gasteiger partial charge in [-0.05, 0) is 17.8 Å². The normalized spacial score (nSPS) is 19.2. The third-order valence-electron chi connectivity index (χ3n) is 3.47. The molecule has 1 aromatic carbocycles. The molecule has 3 heteroatoms. The van der Waals surface area contributed by atoms with E-state index >= 15 is 0 Å². The second-order valence-corrected chi connectivity index (χ2v) is 10.0. The molecule has 0 heterocycles. The van der Waals surface area contributed by atoms with Crippen LogP contribution in [0.1, 0.15) is 16.7 Å². The lowest BCUT2D eigenvalue weighted by molar-refractivity contribution is 0.371. The molecule has 2 nitrogen and oxygen atoms in total. The number of benzene rings is 1. The van der Waals surface area contributed by atoms with Gasteiger partial charge in [0, 0.05) is 11.1 Å². The summed E-state index contributed by atoms with van der Waals surface area (Å²) in [4.78, 5) is 0. The third-order valence-corrected chi connectivity index (χ3v) is 6.68. The first-order chi connectivity index (χ1) is 7.60. The van der Waals surface area contributed by atoms with Crippen LogP contribution in [0.15, 0.2) is 30.3 Å². The Bertz CT molecular complexity index is 426.